The van der Waals surface area contributed by atoms with Gasteiger partial charge in [-0.25, -0.2) is 4.68 Å². The lowest BCUT2D eigenvalue weighted by Gasteiger charge is -2.42. The Balaban J connectivity index is 0.000000167. The van der Waals surface area contributed by atoms with Gasteiger partial charge in [0.1, 0.15) is 47.6 Å². The Morgan fingerprint density at radius 3 is 2.11 bits per heavy atom. The van der Waals surface area contributed by atoms with Crippen molar-refractivity contribution < 1.29 is 33.7 Å². The summed E-state index contributed by atoms with van der Waals surface area (Å²) in [6, 6.07) is 50.3. The zero-order valence-corrected chi connectivity index (χ0v) is 36.0. The van der Waals surface area contributed by atoms with E-state index in [0.717, 1.165) is 72.6 Å². The first-order valence-corrected chi connectivity index (χ1v) is 21.5. The summed E-state index contributed by atoms with van der Waals surface area (Å²) in [6.45, 7) is 4.86. The number of para-hydroxylation sites is 1. The maximum absolute atomic E-state index is 12.4. The lowest BCUT2D eigenvalue weighted by molar-refractivity contribution is 0.0107. The summed E-state index contributed by atoms with van der Waals surface area (Å²) in [7, 11) is 1.64. The van der Waals surface area contributed by atoms with Crippen LogP contribution in [-0.4, -0.2) is 62.2 Å². The van der Waals surface area contributed by atoms with Crippen LogP contribution in [0.5, 0.6) is 28.7 Å². The third-order valence-electron chi connectivity index (χ3n) is 11.4. The van der Waals surface area contributed by atoms with Crippen LogP contribution in [0.2, 0.25) is 0 Å². The highest BCUT2D eigenvalue weighted by molar-refractivity contribution is 7.64. The lowest BCUT2D eigenvalue weighted by Crippen LogP contribution is -2.41. The molecule has 11 heteroatoms. The number of benzene rings is 7. The monoisotopic (exact) mass is 858 g/mol. The molecule has 0 saturated heterocycles. The molecule has 10 nitrogen and oxygen atoms in total. The fraction of sp³-hybridized carbons (Fsp3) is 0.154. The van der Waals surface area contributed by atoms with Gasteiger partial charge in [-0.2, -0.15) is 0 Å². The van der Waals surface area contributed by atoms with Crippen LogP contribution < -0.4 is 14.2 Å². The van der Waals surface area contributed by atoms with E-state index in [9.17, 15) is 19.5 Å². The first kappa shape index (κ1) is 41.2. The van der Waals surface area contributed by atoms with E-state index < -0.39 is 17.2 Å². The second kappa shape index (κ2) is 18.4. The lowest BCUT2D eigenvalue weighted by atomic mass is 9.71. The van der Waals surface area contributed by atoms with Crippen LogP contribution in [-0.2, 0) is 17.2 Å². The number of methoxy groups -OCH3 is 1. The highest BCUT2D eigenvalue weighted by atomic mass is 32.1. The summed E-state index contributed by atoms with van der Waals surface area (Å²) in [5.41, 5.74) is 11.3. The van der Waals surface area contributed by atoms with Crippen molar-refractivity contribution in [3.8, 4) is 34.4 Å². The number of nitrogens with zero attached hydrogens (tertiary/aromatic N) is 3. The zero-order chi connectivity index (χ0) is 45.0. The number of aromatic hydroxyl groups is 2. The number of hydrogen-bond acceptors (Lipinski definition) is 9. The van der Waals surface area contributed by atoms with Crippen molar-refractivity contribution in [3.63, 3.8) is 0 Å². The summed E-state index contributed by atoms with van der Waals surface area (Å²) < 4.78 is 34.5. The molecule has 10 rings (SSSR count). The van der Waals surface area contributed by atoms with Gasteiger partial charge in [-0.1, -0.05) is 101 Å². The fourth-order valence-corrected chi connectivity index (χ4v) is 8.12. The number of rotatable bonds is 6. The Morgan fingerprint density at radius 1 is 0.762 bits per heavy atom. The van der Waals surface area contributed by atoms with E-state index in [0.29, 0.717) is 24.7 Å². The van der Waals surface area contributed by atoms with Gasteiger partial charge in [-0.05, 0) is 102 Å². The molecule has 318 valence electrons. The number of hydrogen-bond donors (Lipinski definition) is 4. The second-order valence-electron chi connectivity index (χ2n) is 15.3. The number of phenolic OH excluding ortho intramolecular Hbond substituents is 2. The molecule has 7 aromatic carbocycles. The Hall–Kier alpha value is -7.21. The zero-order valence-electron chi connectivity index (χ0n) is 36.2. The Bertz CT molecular complexity index is 2970. The van der Waals surface area contributed by atoms with Crippen LogP contribution in [0, 0.1) is 13.8 Å². The molecule has 63 heavy (non-hydrogen) atoms. The van der Waals surface area contributed by atoms with Gasteiger partial charge in [0.2, 0.25) is 0 Å². The molecule has 3 unspecified atom stereocenters. The predicted molar refractivity (Wildman–Crippen MR) is 249 cm³/mol. The number of fused-ring (bicyclic) bond motifs is 3. The van der Waals surface area contributed by atoms with Crippen LogP contribution in [0.15, 0.2) is 158 Å². The van der Waals surface area contributed by atoms with Crippen LogP contribution >= 0.6 is 0 Å². The minimum Gasteiger partial charge on any atom is -0.508 e. The number of aliphatic hydroxyl groups is 1. The average molecular weight is 859 g/mol. The SMILES string of the molecule is COc1ccc(C2=C(c3ccc(O)cc3)COc3cc(O)ccc32)cc1.Cc1ccc(C2COc3cc(-n4nnc5ccccc54)ccc3C2(O)c2ccc(C)cc2)cc1.[2H]S(C)=O. The van der Waals surface area contributed by atoms with Crippen LogP contribution in [0.4, 0.5) is 0 Å². The molecule has 3 atom stereocenters. The van der Waals surface area contributed by atoms with Crippen molar-refractivity contribution in [3.05, 3.63) is 202 Å². The summed E-state index contributed by atoms with van der Waals surface area (Å²) in [5, 5.41) is 40.4. The summed E-state index contributed by atoms with van der Waals surface area (Å²) in [4.78, 5) is 0. The van der Waals surface area contributed by atoms with Gasteiger partial charge < -0.3 is 29.5 Å². The third-order valence-corrected chi connectivity index (χ3v) is 11.4. The molecule has 3 N–H and O–H groups in total. The molecule has 0 saturated carbocycles. The average Bonchev–Trinajstić information content (AvgIpc) is 3.74. The summed E-state index contributed by atoms with van der Waals surface area (Å²) in [5.74, 6) is 2.25. The molecule has 2 aliphatic rings. The van der Waals surface area contributed by atoms with Crippen LogP contribution in [0.25, 0.3) is 27.9 Å². The molecular weight excluding hydrogens is 811 g/mol. The minimum absolute atomic E-state index is 0.172. The number of aryl methyl sites for hydroxylation is 2. The van der Waals surface area contributed by atoms with E-state index in [1.165, 1.54) is 11.8 Å². The molecule has 0 bridgehead atoms. The molecule has 0 fully saturated rings. The molecular formula is C52H47N3O7S. The highest BCUT2D eigenvalue weighted by Gasteiger charge is 2.46. The minimum atomic E-state index is -1.36. The second-order valence-corrected chi connectivity index (χ2v) is 15.7. The van der Waals surface area contributed by atoms with Crippen molar-refractivity contribution in [1.82, 2.24) is 15.0 Å². The first-order chi connectivity index (χ1) is 30.9. The summed E-state index contributed by atoms with van der Waals surface area (Å²) >= 11 is -1.36. The van der Waals surface area contributed by atoms with Crippen molar-refractivity contribution >= 4 is 33.7 Å². The van der Waals surface area contributed by atoms with Gasteiger partial charge in [0.05, 0.1) is 30.8 Å². The quantitative estimate of drug-likeness (QED) is 0.121. The van der Waals surface area contributed by atoms with Gasteiger partial charge in [0.25, 0.3) is 0 Å². The van der Waals surface area contributed by atoms with Crippen molar-refractivity contribution in [2.75, 3.05) is 26.6 Å². The van der Waals surface area contributed by atoms with Gasteiger partial charge in [0, 0.05) is 46.7 Å². The van der Waals surface area contributed by atoms with E-state index in [4.69, 9.17) is 15.3 Å². The smallest absolute Gasteiger partial charge is 0.139 e. The molecule has 0 spiro atoms. The maximum Gasteiger partial charge on any atom is 0.139 e. The Labute approximate surface area is 370 Å². The summed E-state index contributed by atoms with van der Waals surface area (Å²) in [6.07, 6.45) is 1.31. The Kier molecular flexibility index (Phi) is 12.0. The number of thiol groups is 1. The van der Waals surface area contributed by atoms with Gasteiger partial charge >= 0.3 is 0 Å². The maximum atomic E-state index is 12.4. The highest BCUT2D eigenvalue weighted by Crippen LogP contribution is 2.50. The molecule has 0 aliphatic carbocycles. The Morgan fingerprint density at radius 2 is 1.41 bits per heavy atom. The van der Waals surface area contributed by atoms with E-state index in [-0.39, 0.29) is 17.4 Å². The van der Waals surface area contributed by atoms with Crippen molar-refractivity contribution in [2.24, 2.45) is 0 Å². The molecule has 8 aromatic rings. The van der Waals surface area contributed by atoms with Crippen LogP contribution in [0.3, 0.4) is 0 Å². The van der Waals surface area contributed by atoms with E-state index in [1.807, 2.05) is 109 Å². The fourth-order valence-electron chi connectivity index (χ4n) is 8.12. The topological polar surface area (TPSA) is 136 Å². The van der Waals surface area contributed by atoms with Gasteiger partial charge in [-0.3, -0.25) is 4.21 Å². The number of phenols is 2. The van der Waals surface area contributed by atoms with E-state index >= 15 is 0 Å². The van der Waals surface area contributed by atoms with Gasteiger partial charge in [0.15, 0.2) is 0 Å². The van der Waals surface area contributed by atoms with Crippen molar-refractivity contribution in [1.29, 1.82) is 1.12 Å². The van der Waals surface area contributed by atoms with Crippen molar-refractivity contribution in [2.45, 2.75) is 25.4 Å². The number of ether oxygens (including phenoxy) is 3. The third kappa shape index (κ3) is 8.66. The molecule has 2 aliphatic heterocycles. The largest absolute Gasteiger partial charge is 0.508 e. The van der Waals surface area contributed by atoms with Crippen LogP contribution in [0.1, 0.15) is 50.4 Å². The van der Waals surface area contributed by atoms with Gasteiger partial charge in [-0.15, -0.1) is 5.10 Å². The molecule has 0 radical (unpaired) electrons. The standard InChI is InChI=1S/C29H25N3O2.C22H18O4.CH4OS/c1-19-7-11-21(12-8-19)25-18-34-28-17-23(32-27-6-4-3-5-26(27)30-31-32)15-16-24(28)29(25,33)22-13-9-20(2)10-14-22;1-25-18-9-4-15(5-10-18)22-19-11-8-17(24)12-21(19)26-13-20(22)14-2-6-16(23)7-3-14;1-3-2/h3-17,25,33H,18H2,1-2H3;2-12,23-24H,13H2,1H3;3H,1H3/i;;3D. The number of aromatic nitrogens is 3. The molecule has 1 aromatic heterocycles. The van der Waals surface area contributed by atoms with E-state index in [2.05, 4.69) is 48.4 Å². The van der Waals surface area contributed by atoms with E-state index in [1.54, 1.807) is 36.1 Å². The predicted octanol–water partition coefficient (Wildman–Crippen LogP) is 9.47. The molecule has 3 heterocycles. The molecule has 0 amide bonds. The first-order valence-electron chi connectivity index (χ1n) is 20.8. The normalized spacial score (nSPS) is 17.0.